The third-order valence-corrected chi connectivity index (χ3v) is 5.61. The fourth-order valence-electron chi connectivity index (χ4n) is 2.77. The average molecular weight is 354 g/mol. The molecule has 1 saturated heterocycles. The molecule has 7 heteroatoms. The predicted molar refractivity (Wildman–Crippen MR) is 91.6 cm³/mol. The van der Waals surface area contributed by atoms with Gasteiger partial charge in [-0.3, -0.25) is 0 Å². The number of ether oxygens (including phenoxy) is 1. The smallest absolute Gasteiger partial charge is 0.410 e. The summed E-state index contributed by atoms with van der Waals surface area (Å²) in [6.45, 7) is 8.31. The lowest BCUT2D eigenvalue weighted by Crippen LogP contribution is -2.44. The molecule has 0 saturated carbocycles. The molecule has 1 aliphatic rings. The Labute approximate surface area is 144 Å². The number of carbonyl (C=O) groups is 1. The first-order valence-electron chi connectivity index (χ1n) is 8.20. The standard InChI is InChI=1S/C17H26N2O4S/c1-13-7-8-18-15(10-13)24(21,22)12-14-6-5-9-19(11-14)16(20)23-17(2,3)4/h7-8,10,14H,5-6,9,11-12H2,1-4H3/t14-/m1/s1. The predicted octanol–water partition coefficient (Wildman–Crippen LogP) is 2.81. The number of amides is 1. The van der Waals surface area contributed by atoms with Crippen molar-refractivity contribution in [3.63, 3.8) is 0 Å². The highest BCUT2D eigenvalue weighted by molar-refractivity contribution is 7.91. The maximum atomic E-state index is 12.6. The summed E-state index contributed by atoms with van der Waals surface area (Å²) in [6.07, 6.45) is 2.69. The van der Waals surface area contributed by atoms with Gasteiger partial charge < -0.3 is 9.64 Å². The number of carbonyl (C=O) groups excluding carboxylic acids is 1. The summed E-state index contributed by atoms with van der Waals surface area (Å²) in [4.78, 5) is 17.8. The highest BCUT2D eigenvalue weighted by Crippen LogP contribution is 2.23. The summed E-state index contributed by atoms with van der Waals surface area (Å²) in [7, 11) is -3.46. The summed E-state index contributed by atoms with van der Waals surface area (Å²) < 4.78 is 30.5. The molecule has 1 aromatic rings. The lowest BCUT2D eigenvalue weighted by molar-refractivity contribution is 0.0176. The number of likely N-dealkylation sites (tertiary alicyclic amines) is 1. The van der Waals surface area contributed by atoms with E-state index in [1.807, 2.05) is 27.7 Å². The topological polar surface area (TPSA) is 76.6 Å². The van der Waals surface area contributed by atoms with E-state index < -0.39 is 15.4 Å². The first kappa shape index (κ1) is 18.7. The molecule has 6 nitrogen and oxygen atoms in total. The molecule has 0 aromatic carbocycles. The zero-order valence-corrected chi connectivity index (χ0v) is 15.6. The molecule has 1 aromatic heterocycles. The molecule has 1 amide bonds. The zero-order valence-electron chi connectivity index (χ0n) is 14.8. The minimum absolute atomic E-state index is 0.00273. The lowest BCUT2D eigenvalue weighted by atomic mass is 10.0. The van der Waals surface area contributed by atoms with Crippen LogP contribution in [-0.2, 0) is 14.6 Å². The molecule has 1 atom stereocenters. The Hall–Kier alpha value is -1.63. The van der Waals surface area contributed by atoms with E-state index in [-0.39, 0.29) is 22.8 Å². The third-order valence-electron chi connectivity index (χ3n) is 3.83. The van der Waals surface area contributed by atoms with Gasteiger partial charge in [-0.05, 0) is 64.2 Å². The van der Waals surface area contributed by atoms with Gasteiger partial charge in [0.15, 0.2) is 14.9 Å². The summed E-state index contributed by atoms with van der Waals surface area (Å²) in [5, 5.41) is 0.108. The Balaban J connectivity index is 2.03. The second kappa shape index (κ2) is 7.09. The van der Waals surface area contributed by atoms with Crippen LogP contribution in [0.3, 0.4) is 0 Å². The van der Waals surface area contributed by atoms with E-state index in [2.05, 4.69) is 4.98 Å². The molecule has 1 aliphatic heterocycles. The van der Waals surface area contributed by atoms with Gasteiger partial charge in [0, 0.05) is 19.3 Å². The van der Waals surface area contributed by atoms with Gasteiger partial charge in [-0.25, -0.2) is 18.2 Å². The molecular weight excluding hydrogens is 328 g/mol. The van der Waals surface area contributed by atoms with E-state index in [9.17, 15) is 13.2 Å². The molecule has 1 fully saturated rings. The average Bonchev–Trinajstić information content (AvgIpc) is 2.45. The number of piperidine rings is 1. The lowest BCUT2D eigenvalue weighted by Gasteiger charge is -2.34. The number of hydrogen-bond donors (Lipinski definition) is 0. The molecule has 2 heterocycles. The van der Waals surface area contributed by atoms with Gasteiger partial charge in [0.05, 0.1) is 5.75 Å². The maximum absolute atomic E-state index is 12.6. The maximum Gasteiger partial charge on any atom is 0.410 e. The van der Waals surface area contributed by atoms with Crippen LogP contribution in [0, 0.1) is 12.8 Å². The Morgan fingerprint density at radius 3 is 2.75 bits per heavy atom. The van der Waals surface area contributed by atoms with Crippen molar-refractivity contribution in [3.8, 4) is 0 Å². The Morgan fingerprint density at radius 1 is 1.42 bits per heavy atom. The summed E-state index contributed by atoms with van der Waals surface area (Å²) in [6, 6.07) is 3.35. The molecular formula is C17H26N2O4S. The van der Waals surface area contributed by atoms with Gasteiger partial charge >= 0.3 is 6.09 Å². The molecule has 0 N–H and O–H groups in total. The second-order valence-electron chi connectivity index (χ2n) is 7.39. The van der Waals surface area contributed by atoms with Crippen molar-refractivity contribution >= 4 is 15.9 Å². The number of rotatable bonds is 3. The number of pyridine rings is 1. The monoisotopic (exact) mass is 354 g/mol. The Morgan fingerprint density at radius 2 is 2.12 bits per heavy atom. The van der Waals surface area contributed by atoms with Crippen LogP contribution >= 0.6 is 0 Å². The number of hydrogen-bond acceptors (Lipinski definition) is 5. The molecule has 0 unspecified atom stereocenters. The first-order chi connectivity index (χ1) is 11.1. The fourth-order valence-corrected chi connectivity index (χ4v) is 4.42. The summed E-state index contributed by atoms with van der Waals surface area (Å²) in [5.74, 6) is -0.0958. The van der Waals surface area contributed by atoms with Crippen molar-refractivity contribution < 1.29 is 17.9 Å². The number of aryl methyl sites for hydroxylation is 1. The molecule has 2 rings (SSSR count). The Bertz CT molecular complexity index is 695. The molecule has 134 valence electrons. The van der Waals surface area contributed by atoms with Gasteiger partial charge in [-0.15, -0.1) is 0 Å². The second-order valence-corrected chi connectivity index (χ2v) is 9.37. The van der Waals surface area contributed by atoms with E-state index in [0.29, 0.717) is 13.1 Å². The van der Waals surface area contributed by atoms with Crippen LogP contribution in [0.5, 0.6) is 0 Å². The van der Waals surface area contributed by atoms with Gasteiger partial charge in [0.25, 0.3) is 0 Å². The largest absolute Gasteiger partial charge is 0.444 e. The van der Waals surface area contributed by atoms with Gasteiger partial charge in [0.1, 0.15) is 5.60 Å². The van der Waals surface area contributed by atoms with E-state index >= 15 is 0 Å². The van der Waals surface area contributed by atoms with E-state index in [1.165, 1.54) is 6.20 Å². The molecule has 0 radical (unpaired) electrons. The number of nitrogens with zero attached hydrogens (tertiary/aromatic N) is 2. The quantitative estimate of drug-likeness (QED) is 0.834. The van der Waals surface area contributed by atoms with Crippen LogP contribution in [0.4, 0.5) is 4.79 Å². The van der Waals surface area contributed by atoms with Crippen molar-refractivity contribution in [1.29, 1.82) is 0 Å². The van der Waals surface area contributed by atoms with Crippen molar-refractivity contribution in [1.82, 2.24) is 9.88 Å². The van der Waals surface area contributed by atoms with Gasteiger partial charge in [-0.1, -0.05) is 0 Å². The van der Waals surface area contributed by atoms with E-state index in [4.69, 9.17) is 4.74 Å². The van der Waals surface area contributed by atoms with Crippen LogP contribution in [0.15, 0.2) is 23.4 Å². The zero-order chi connectivity index (χ0) is 18.0. The SMILES string of the molecule is Cc1ccnc(S(=O)(=O)C[C@@H]2CCCN(C(=O)OC(C)(C)C)C2)c1. The van der Waals surface area contributed by atoms with Crippen molar-refractivity contribution in [2.24, 2.45) is 5.92 Å². The van der Waals surface area contributed by atoms with Crippen molar-refractivity contribution in [3.05, 3.63) is 23.9 Å². The molecule has 0 bridgehead atoms. The van der Waals surface area contributed by atoms with Crippen molar-refractivity contribution in [2.45, 2.75) is 51.2 Å². The highest BCUT2D eigenvalue weighted by Gasteiger charge is 2.31. The fraction of sp³-hybridized carbons (Fsp3) is 0.647. The van der Waals surface area contributed by atoms with Gasteiger partial charge in [0.2, 0.25) is 0 Å². The van der Waals surface area contributed by atoms with E-state index in [0.717, 1.165) is 18.4 Å². The third kappa shape index (κ3) is 5.19. The van der Waals surface area contributed by atoms with Crippen LogP contribution < -0.4 is 0 Å². The highest BCUT2D eigenvalue weighted by atomic mass is 32.2. The molecule has 0 aliphatic carbocycles. The summed E-state index contributed by atoms with van der Waals surface area (Å²) >= 11 is 0. The minimum Gasteiger partial charge on any atom is -0.444 e. The van der Waals surface area contributed by atoms with Crippen LogP contribution in [-0.4, -0.2) is 48.8 Å². The van der Waals surface area contributed by atoms with Crippen LogP contribution in [0.25, 0.3) is 0 Å². The van der Waals surface area contributed by atoms with Gasteiger partial charge in [-0.2, -0.15) is 0 Å². The Kier molecular flexibility index (Phi) is 5.52. The summed E-state index contributed by atoms with van der Waals surface area (Å²) in [5.41, 5.74) is 0.310. The first-order valence-corrected chi connectivity index (χ1v) is 9.85. The number of sulfone groups is 1. The number of aromatic nitrogens is 1. The van der Waals surface area contributed by atoms with Crippen molar-refractivity contribution in [2.75, 3.05) is 18.8 Å². The van der Waals surface area contributed by atoms with E-state index in [1.54, 1.807) is 17.0 Å². The normalized spacial score (nSPS) is 19.2. The van der Waals surface area contributed by atoms with Crippen LogP contribution in [0.1, 0.15) is 39.2 Å². The molecule has 24 heavy (non-hydrogen) atoms. The minimum atomic E-state index is -3.46. The molecule has 0 spiro atoms. The van der Waals surface area contributed by atoms with Crippen LogP contribution in [0.2, 0.25) is 0 Å².